The van der Waals surface area contributed by atoms with Crippen molar-refractivity contribution >= 4 is 0 Å². The third kappa shape index (κ3) is 2.93. The van der Waals surface area contributed by atoms with E-state index in [1.807, 2.05) is 26.0 Å². The number of ether oxygens (including phenoxy) is 1. The highest BCUT2D eigenvalue weighted by molar-refractivity contribution is 5.46. The lowest BCUT2D eigenvalue weighted by Gasteiger charge is -2.11. The van der Waals surface area contributed by atoms with Crippen molar-refractivity contribution < 1.29 is 9.84 Å². The van der Waals surface area contributed by atoms with Crippen molar-refractivity contribution in [3.05, 3.63) is 40.8 Å². The molecule has 1 heterocycles. The third-order valence-corrected chi connectivity index (χ3v) is 3.23. The van der Waals surface area contributed by atoms with Gasteiger partial charge in [0.25, 0.3) is 0 Å². The maximum absolute atomic E-state index is 9.34. The van der Waals surface area contributed by atoms with Gasteiger partial charge in [-0.3, -0.25) is 4.57 Å². The zero-order valence-corrected chi connectivity index (χ0v) is 12.7. The van der Waals surface area contributed by atoms with E-state index in [0.717, 1.165) is 0 Å². The number of rotatable bonds is 4. The molecule has 0 spiro atoms. The highest BCUT2D eigenvalue weighted by atomic mass is 16.5. The van der Waals surface area contributed by atoms with Gasteiger partial charge in [-0.25, -0.2) is 4.98 Å². The van der Waals surface area contributed by atoms with Crippen LogP contribution in [0.2, 0.25) is 0 Å². The maximum atomic E-state index is 9.34. The minimum absolute atomic E-state index is 0.107. The normalized spacial score (nSPS) is 10.3. The molecule has 22 heavy (non-hydrogen) atoms. The highest BCUT2D eigenvalue weighted by Crippen LogP contribution is 2.31. The van der Waals surface area contributed by atoms with Crippen LogP contribution < -0.4 is 4.74 Å². The molecule has 0 amide bonds. The molecule has 1 N–H and O–H groups in total. The molecule has 1 aromatic carbocycles. The lowest BCUT2D eigenvalue weighted by Crippen LogP contribution is -2.00. The van der Waals surface area contributed by atoms with Crippen LogP contribution in [0.15, 0.2) is 18.2 Å². The van der Waals surface area contributed by atoms with Crippen LogP contribution in [-0.2, 0) is 13.7 Å². The first-order valence-electron chi connectivity index (χ1n) is 6.79. The van der Waals surface area contributed by atoms with Gasteiger partial charge in [0.05, 0.1) is 23.3 Å². The van der Waals surface area contributed by atoms with Crippen LogP contribution in [0.3, 0.4) is 0 Å². The second-order valence-corrected chi connectivity index (χ2v) is 5.16. The largest absolute Gasteiger partial charge is 0.439 e. The fourth-order valence-electron chi connectivity index (χ4n) is 2.09. The van der Waals surface area contributed by atoms with Gasteiger partial charge in [-0.15, -0.1) is 0 Å². The second-order valence-electron chi connectivity index (χ2n) is 5.16. The van der Waals surface area contributed by atoms with Gasteiger partial charge in [-0.1, -0.05) is 13.8 Å². The van der Waals surface area contributed by atoms with Crippen LogP contribution in [0.4, 0.5) is 0 Å². The summed E-state index contributed by atoms with van der Waals surface area (Å²) in [5.74, 6) is 1.50. The van der Waals surface area contributed by atoms with Crippen molar-refractivity contribution in [2.75, 3.05) is 0 Å². The van der Waals surface area contributed by atoms with Crippen molar-refractivity contribution in [3.8, 4) is 23.8 Å². The molecule has 112 valence electrons. The van der Waals surface area contributed by atoms with Gasteiger partial charge in [0.15, 0.2) is 0 Å². The molecule has 0 aliphatic rings. The molecule has 0 aliphatic carbocycles. The Bertz CT molecular complexity index is 746. The summed E-state index contributed by atoms with van der Waals surface area (Å²) in [7, 11) is 1.75. The summed E-state index contributed by atoms with van der Waals surface area (Å²) in [5, 5.41) is 27.4. The number of aliphatic hydroxyl groups is 1. The number of nitriles is 2. The Morgan fingerprint density at radius 3 is 2.27 bits per heavy atom. The van der Waals surface area contributed by atoms with Gasteiger partial charge in [-0.2, -0.15) is 10.5 Å². The topological polar surface area (TPSA) is 94.9 Å². The smallest absolute Gasteiger partial charge is 0.223 e. The first-order chi connectivity index (χ1) is 10.5. The van der Waals surface area contributed by atoms with E-state index in [2.05, 4.69) is 4.98 Å². The van der Waals surface area contributed by atoms with Gasteiger partial charge in [0.1, 0.15) is 23.9 Å². The molecular formula is C16H16N4O2. The molecule has 6 nitrogen and oxygen atoms in total. The SMILES string of the molecule is CC(C)c1nc(CO)n(C)c1Oc1cc(C#N)cc(C#N)c1. The molecule has 1 aromatic heterocycles. The van der Waals surface area contributed by atoms with Crippen LogP contribution in [0.5, 0.6) is 11.6 Å². The van der Waals surface area contributed by atoms with E-state index >= 15 is 0 Å². The Hall–Kier alpha value is -2.83. The minimum atomic E-state index is -0.193. The predicted octanol–water partition coefficient (Wildman–Crippen LogP) is 2.57. The van der Waals surface area contributed by atoms with Crippen LogP contribution >= 0.6 is 0 Å². The summed E-state index contributed by atoms with van der Waals surface area (Å²) in [4.78, 5) is 4.37. The molecule has 0 aliphatic heterocycles. The minimum Gasteiger partial charge on any atom is -0.439 e. The lowest BCUT2D eigenvalue weighted by atomic mass is 10.1. The number of nitrogens with zero attached hydrogens (tertiary/aromatic N) is 4. The summed E-state index contributed by atoms with van der Waals surface area (Å²) < 4.78 is 7.52. The molecule has 0 unspecified atom stereocenters. The van der Waals surface area contributed by atoms with Crippen LogP contribution in [0.25, 0.3) is 0 Å². The molecule has 0 bridgehead atoms. The molecule has 0 atom stereocenters. The summed E-state index contributed by atoms with van der Waals surface area (Å²) >= 11 is 0. The first-order valence-corrected chi connectivity index (χ1v) is 6.79. The van der Waals surface area contributed by atoms with Crippen molar-refractivity contribution in [1.29, 1.82) is 10.5 Å². The van der Waals surface area contributed by atoms with E-state index in [1.165, 1.54) is 6.07 Å². The molecule has 0 fully saturated rings. The number of aliphatic hydroxyl groups excluding tert-OH is 1. The van der Waals surface area contributed by atoms with Crippen molar-refractivity contribution in [2.45, 2.75) is 26.4 Å². The van der Waals surface area contributed by atoms with E-state index in [4.69, 9.17) is 15.3 Å². The zero-order valence-electron chi connectivity index (χ0n) is 12.7. The number of hydrogen-bond acceptors (Lipinski definition) is 5. The fraction of sp³-hybridized carbons (Fsp3) is 0.312. The summed E-state index contributed by atoms with van der Waals surface area (Å²) in [5.41, 5.74) is 1.42. The average Bonchev–Trinajstić information content (AvgIpc) is 2.83. The molecule has 0 saturated heterocycles. The van der Waals surface area contributed by atoms with Crippen LogP contribution in [-0.4, -0.2) is 14.7 Å². The van der Waals surface area contributed by atoms with E-state index in [1.54, 1.807) is 23.7 Å². The quantitative estimate of drug-likeness (QED) is 0.935. The third-order valence-electron chi connectivity index (χ3n) is 3.23. The Kier molecular flexibility index (Phi) is 4.45. The molecule has 6 heteroatoms. The second kappa shape index (κ2) is 6.30. The maximum Gasteiger partial charge on any atom is 0.223 e. The molecule has 2 aromatic rings. The van der Waals surface area contributed by atoms with Crippen molar-refractivity contribution in [1.82, 2.24) is 9.55 Å². The Balaban J connectivity index is 2.50. The first kappa shape index (κ1) is 15.6. The molecule has 0 saturated carbocycles. The van der Waals surface area contributed by atoms with Gasteiger partial charge >= 0.3 is 0 Å². The number of imidazole rings is 1. The monoisotopic (exact) mass is 296 g/mol. The molecule has 2 rings (SSSR count). The summed E-state index contributed by atoms with van der Waals surface area (Å²) in [6.45, 7) is 3.76. The van der Waals surface area contributed by atoms with Crippen LogP contribution in [0.1, 0.15) is 42.4 Å². The average molecular weight is 296 g/mol. The highest BCUT2D eigenvalue weighted by Gasteiger charge is 2.19. The summed E-state index contributed by atoms with van der Waals surface area (Å²) in [6.07, 6.45) is 0. The summed E-state index contributed by atoms with van der Waals surface area (Å²) in [6, 6.07) is 8.64. The van der Waals surface area contributed by atoms with Crippen molar-refractivity contribution in [3.63, 3.8) is 0 Å². The Morgan fingerprint density at radius 2 is 1.82 bits per heavy atom. The Labute approximate surface area is 128 Å². The van der Waals surface area contributed by atoms with Gasteiger partial charge in [-0.05, 0) is 18.2 Å². The van der Waals surface area contributed by atoms with E-state index in [9.17, 15) is 5.11 Å². The lowest BCUT2D eigenvalue weighted by molar-refractivity contribution is 0.265. The predicted molar refractivity (Wildman–Crippen MR) is 79.2 cm³/mol. The number of aromatic nitrogens is 2. The van der Waals surface area contributed by atoms with E-state index < -0.39 is 0 Å². The molecular weight excluding hydrogens is 280 g/mol. The van der Waals surface area contributed by atoms with Crippen LogP contribution in [0, 0.1) is 22.7 Å². The number of hydrogen-bond donors (Lipinski definition) is 1. The fourth-order valence-corrected chi connectivity index (χ4v) is 2.09. The van der Waals surface area contributed by atoms with Gasteiger partial charge in [0.2, 0.25) is 5.88 Å². The Morgan fingerprint density at radius 1 is 1.23 bits per heavy atom. The zero-order chi connectivity index (χ0) is 16.3. The van der Waals surface area contributed by atoms with Gasteiger partial charge in [0, 0.05) is 13.0 Å². The van der Waals surface area contributed by atoms with Crippen molar-refractivity contribution in [2.24, 2.45) is 7.05 Å². The van der Waals surface area contributed by atoms with E-state index in [-0.39, 0.29) is 12.5 Å². The molecule has 0 radical (unpaired) electrons. The van der Waals surface area contributed by atoms with Gasteiger partial charge < -0.3 is 9.84 Å². The standard InChI is InChI=1S/C16H16N4O2/c1-10(2)15-16(20(3)14(9-21)19-15)22-13-5-11(7-17)4-12(6-13)8-18/h4-6,10,21H,9H2,1-3H3. The van der Waals surface area contributed by atoms with E-state index in [0.29, 0.717) is 34.3 Å². The number of benzene rings is 1.